The third kappa shape index (κ3) is 3.40. The van der Waals surface area contributed by atoms with Crippen molar-refractivity contribution >= 4 is 11.7 Å². The summed E-state index contributed by atoms with van der Waals surface area (Å²) in [6.45, 7) is 1.64. The second-order valence-corrected chi connectivity index (χ2v) is 5.57. The van der Waals surface area contributed by atoms with Gasteiger partial charge < -0.3 is 19.9 Å². The number of aliphatic carboxylic acids is 1. The van der Waals surface area contributed by atoms with Crippen LogP contribution in [0.15, 0.2) is 36.4 Å². The van der Waals surface area contributed by atoms with Crippen molar-refractivity contribution in [1.29, 1.82) is 5.26 Å². The lowest BCUT2D eigenvalue weighted by molar-refractivity contribution is -0.143. The van der Waals surface area contributed by atoms with Crippen LogP contribution in [0.2, 0.25) is 0 Å². The molecular weight excluding hydrogens is 339 g/mol. The molecule has 26 heavy (non-hydrogen) atoms. The lowest BCUT2D eigenvalue weighted by Crippen LogP contribution is -2.43. The first-order valence-corrected chi connectivity index (χ1v) is 7.85. The highest BCUT2D eigenvalue weighted by molar-refractivity contribution is 5.85. The van der Waals surface area contributed by atoms with Crippen LogP contribution in [0.1, 0.15) is 24.5 Å². The van der Waals surface area contributed by atoms with E-state index in [2.05, 4.69) is 5.32 Å². The summed E-state index contributed by atoms with van der Waals surface area (Å²) in [5.74, 6) is -1.86. The summed E-state index contributed by atoms with van der Waals surface area (Å²) in [6, 6.07) is 10.9. The number of carboxylic acid groups (broad SMARTS) is 1. The Kier molecular flexibility index (Phi) is 5.68. The first-order chi connectivity index (χ1) is 12.4. The number of ether oxygens (including phenoxy) is 2. The minimum absolute atomic E-state index is 0.0512. The van der Waals surface area contributed by atoms with Crippen molar-refractivity contribution < 1.29 is 23.8 Å². The van der Waals surface area contributed by atoms with E-state index in [0.29, 0.717) is 11.3 Å². The third-order valence-electron chi connectivity index (χ3n) is 4.20. The number of carbonyl (C=O) groups is 1. The van der Waals surface area contributed by atoms with Gasteiger partial charge in [0, 0.05) is 17.3 Å². The molecule has 0 amide bonds. The minimum Gasteiger partial charge on any atom is -0.497 e. The Morgan fingerprint density at radius 3 is 2.38 bits per heavy atom. The van der Waals surface area contributed by atoms with Crippen LogP contribution in [0.4, 0.5) is 10.1 Å². The molecule has 0 aromatic heterocycles. The molecule has 7 heteroatoms. The normalized spacial score (nSPS) is 12.6. The number of benzene rings is 2. The molecule has 136 valence electrons. The molecule has 0 heterocycles. The van der Waals surface area contributed by atoms with Crippen molar-refractivity contribution in [3.05, 3.63) is 53.3 Å². The fourth-order valence-corrected chi connectivity index (χ4v) is 2.69. The molecule has 0 aliphatic carbocycles. The van der Waals surface area contributed by atoms with Gasteiger partial charge in [0.05, 0.1) is 25.9 Å². The Bertz CT molecular complexity index is 846. The second kappa shape index (κ2) is 7.74. The summed E-state index contributed by atoms with van der Waals surface area (Å²) in [6.07, 6.45) is 0.0512. The summed E-state index contributed by atoms with van der Waals surface area (Å²) in [7, 11) is 2.70. The number of nitriles is 1. The van der Waals surface area contributed by atoms with Crippen molar-refractivity contribution in [1.82, 2.24) is 0 Å². The molecule has 0 radical (unpaired) electrons. The van der Waals surface area contributed by atoms with Crippen LogP contribution in [-0.2, 0) is 10.3 Å². The highest BCUT2D eigenvalue weighted by atomic mass is 19.1. The molecule has 1 unspecified atom stereocenters. The molecule has 0 aliphatic rings. The van der Waals surface area contributed by atoms with Gasteiger partial charge in [-0.25, -0.2) is 9.18 Å². The van der Waals surface area contributed by atoms with Crippen molar-refractivity contribution in [3.63, 3.8) is 0 Å². The zero-order valence-corrected chi connectivity index (χ0v) is 14.7. The van der Waals surface area contributed by atoms with Gasteiger partial charge in [0.15, 0.2) is 17.1 Å². The molecule has 0 spiro atoms. The Labute approximate surface area is 150 Å². The van der Waals surface area contributed by atoms with E-state index in [1.807, 2.05) is 6.07 Å². The van der Waals surface area contributed by atoms with Crippen LogP contribution >= 0.6 is 0 Å². The van der Waals surface area contributed by atoms with Crippen LogP contribution in [0, 0.1) is 17.1 Å². The predicted octanol–water partition coefficient (Wildman–Crippen LogP) is 3.52. The lowest BCUT2D eigenvalue weighted by atomic mass is 9.85. The lowest BCUT2D eigenvalue weighted by Gasteiger charge is -2.32. The standard InChI is InChI=1S/C19H19FN2O4/c1-4-19(18(23)24,22-13-7-5-12(11-21)6-8-13)15-9-14(25-2)10-16(26-3)17(15)20/h5-10,22H,4H2,1-3H3,(H,23,24). The Hall–Kier alpha value is -3.27. The van der Waals surface area contributed by atoms with E-state index in [9.17, 15) is 14.3 Å². The number of halogens is 1. The monoisotopic (exact) mass is 358 g/mol. The minimum atomic E-state index is -1.75. The van der Waals surface area contributed by atoms with E-state index >= 15 is 0 Å². The van der Waals surface area contributed by atoms with E-state index in [0.717, 1.165) is 0 Å². The molecule has 0 saturated carbocycles. The maximum Gasteiger partial charge on any atom is 0.334 e. The summed E-state index contributed by atoms with van der Waals surface area (Å²) >= 11 is 0. The van der Waals surface area contributed by atoms with E-state index < -0.39 is 17.3 Å². The van der Waals surface area contributed by atoms with Gasteiger partial charge in [0.25, 0.3) is 0 Å². The smallest absolute Gasteiger partial charge is 0.334 e. The van der Waals surface area contributed by atoms with Gasteiger partial charge in [0.1, 0.15) is 5.75 Å². The molecule has 0 bridgehead atoms. The molecule has 2 rings (SSSR count). The number of rotatable bonds is 7. The fourth-order valence-electron chi connectivity index (χ4n) is 2.69. The molecule has 0 saturated heterocycles. The highest BCUT2D eigenvalue weighted by Gasteiger charge is 2.42. The Balaban J connectivity index is 2.63. The maximum absolute atomic E-state index is 14.9. The summed E-state index contributed by atoms with van der Waals surface area (Å²) in [4.78, 5) is 12.2. The zero-order valence-electron chi connectivity index (χ0n) is 14.7. The van der Waals surface area contributed by atoms with E-state index in [4.69, 9.17) is 14.7 Å². The van der Waals surface area contributed by atoms with Crippen LogP contribution < -0.4 is 14.8 Å². The van der Waals surface area contributed by atoms with E-state index in [1.165, 1.54) is 26.4 Å². The third-order valence-corrected chi connectivity index (χ3v) is 4.20. The first-order valence-electron chi connectivity index (χ1n) is 7.85. The fraction of sp³-hybridized carbons (Fsp3) is 0.263. The molecule has 2 N–H and O–H groups in total. The zero-order chi connectivity index (χ0) is 19.3. The molecular formula is C19H19FN2O4. The molecule has 0 aliphatic heterocycles. The average molecular weight is 358 g/mol. The van der Waals surface area contributed by atoms with Crippen LogP contribution in [-0.4, -0.2) is 25.3 Å². The molecule has 6 nitrogen and oxygen atoms in total. The van der Waals surface area contributed by atoms with Gasteiger partial charge in [-0.05, 0) is 36.8 Å². The maximum atomic E-state index is 14.9. The number of methoxy groups -OCH3 is 2. The number of hydrogen-bond donors (Lipinski definition) is 2. The van der Waals surface area contributed by atoms with E-state index in [-0.39, 0.29) is 23.5 Å². The Morgan fingerprint density at radius 2 is 1.92 bits per heavy atom. The number of anilines is 1. The number of nitrogens with zero attached hydrogens (tertiary/aromatic N) is 1. The van der Waals surface area contributed by atoms with Crippen molar-refractivity contribution in [2.45, 2.75) is 18.9 Å². The number of hydrogen-bond acceptors (Lipinski definition) is 5. The Morgan fingerprint density at radius 1 is 1.27 bits per heavy atom. The quantitative estimate of drug-likeness (QED) is 0.787. The molecule has 0 fully saturated rings. The van der Waals surface area contributed by atoms with Crippen molar-refractivity contribution in [3.8, 4) is 17.6 Å². The highest BCUT2D eigenvalue weighted by Crippen LogP contribution is 2.38. The van der Waals surface area contributed by atoms with Crippen LogP contribution in [0.5, 0.6) is 11.5 Å². The van der Waals surface area contributed by atoms with Gasteiger partial charge in [-0.15, -0.1) is 0 Å². The van der Waals surface area contributed by atoms with Gasteiger partial charge in [0.2, 0.25) is 0 Å². The summed E-state index contributed by atoms with van der Waals surface area (Å²) in [5, 5.41) is 21.7. The van der Waals surface area contributed by atoms with Crippen molar-refractivity contribution in [2.24, 2.45) is 0 Å². The first kappa shape index (κ1) is 19.1. The van der Waals surface area contributed by atoms with Crippen LogP contribution in [0.25, 0.3) is 0 Å². The van der Waals surface area contributed by atoms with E-state index in [1.54, 1.807) is 31.2 Å². The number of carboxylic acids is 1. The van der Waals surface area contributed by atoms with Gasteiger partial charge in [-0.3, -0.25) is 0 Å². The van der Waals surface area contributed by atoms with Gasteiger partial charge in [-0.1, -0.05) is 6.92 Å². The van der Waals surface area contributed by atoms with Gasteiger partial charge in [-0.2, -0.15) is 5.26 Å². The van der Waals surface area contributed by atoms with Gasteiger partial charge >= 0.3 is 5.97 Å². The topological polar surface area (TPSA) is 91.6 Å². The summed E-state index contributed by atoms with van der Waals surface area (Å²) in [5.41, 5.74) is -0.982. The second-order valence-electron chi connectivity index (χ2n) is 5.57. The molecule has 2 aromatic carbocycles. The summed E-state index contributed by atoms with van der Waals surface area (Å²) < 4.78 is 25.1. The largest absolute Gasteiger partial charge is 0.497 e. The SMILES string of the molecule is CCC(Nc1ccc(C#N)cc1)(C(=O)O)c1cc(OC)cc(OC)c1F. The molecule has 1 atom stereocenters. The number of nitrogens with one attached hydrogen (secondary N) is 1. The average Bonchev–Trinajstić information content (AvgIpc) is 2.66. The molecule has 2 aromatic rings. The van der Waals surface area contributed by atoms with Crippen LogP contribution in [0.3, 0.4) is 0 Å². The van der Waals surface area contributed by atoms with Crippen molar-refractivity contribution in [2.75, 3.05) is 19.5 Å². The predicted molar refractivity (Wildman–Crippen MR) is 93.9 cm³/mol.